The van der Waals surface area contributed by atoms with Crippen LogP contribution in [0.25, 0.3) is 0 Å². The summed E-state index contributed by atoms with van der Waals surface area (Å²) in [5, 5.41) is 0. The summed E-state index contributed by atoms with van der Waals surface area (Å²) in [4.78, 5) is 12.0. The van der Waals surface area contributed by atoms with Crippen molar-refractivity contribution in [1.82, 2.24) is 0 Å². The Balaban J connectivity index is 2.81. The van der Waals surface area contributed by atoms with E-state index in [1.165, 1.54) is 5.56 Å². The number of benzene rings is 1. The third-order valence-electron chi connectivity index (χ3n) is 4.12. The third kappa shape index (κ3) is 5.16. The summed E-state index contributed by atoms with van der Waals surface area (Å²) in [5.41, 5.74) is 1.44. The summed E-state index contributed by atoms with van der Waals surface area (Å²) < 4.78 is 6.46. The van der Waals surface area contributed by atoms with E-state index in [0.717, 1.165) is 30.7 Å². The molecule has 0 aliphatic rings. The van der Waals surface area contributed by atoms with Gasteiger partial charge in [-0.25, -0.2) is 4.79 Å². The van der Waals surface area contributed by atoms with Crippen LogP contribution in [0.3, 0.4) is 0 Å². The fraction of sp³-hybridized carbons (Fsp3) is 0.611. The maximum Gasteiger partial charge on any atom is 0.338 e. The minimum atomic E-state index is -0.450. The Hall–Kier alpha value is -1.35. The Morgan fingerprint density at radius 3 is 1.86 bits per heavy atom. The topological polar surface area (TPSA) is 26.3 Å². The van der Waals surface area contributed by atoms with E-state index in [0.29, 0.717) is 5.56 Å². The fourth-order valence-electron chi connectivity index (χ4n) is 2.48. The van der Waals surface area contributed by atoms with Crippen LogP contribution in [0.4, 0.5) is 0 Å². The molecule has 0 heterocycles. The Kier molecular flexibility index (Phi) is 5.97. The van der Waals surface area contributed by atoms with Crippen LogP contribution in [-0.4, -0.2) is 35.7 Å². The number of ether oxygens (including phenoxy) is 1. The normalized spacial score (nSPS) is 12.3. The van der Waals surface area contributed by atoms with E-state index < -0.39 is 5.60 Å². The highest BCUT2D eigenvalue weighted by molar-refractivity contribution is 5.89. The molecule has 3 heteroatoms. The van der Waals surface area contributed by atoms with Crippen LogP contribution in [0.5, 0.6) is 0 Å². The van der Waals surface area contributed by atoms with Crippen LogP contribution in [-0.2, 0) is 11.3 Å². The minimum absolute atomic E-state index is 0.253. The van der Waals surface area contributed by atoms with Crippen molar-refractivity contribution >= 4 is 5.97 Å². The zero-order valence-electron chi connectivity index (χ0n) is 14.4. The van der Waals surface area contributed by atoms with E-state index in [9.17, 15) is 4.79 Å². The van der Waals surface area contributed by atoms with Crippen molar-refractivity contribution in [3.63, 3.8) is 0 Å². The molecule has 1 aromatic carbocycles. The van der Waals surface area contributed by atoms with Gasteiger partial charge in [0.1, 0.15) is 12.1 Å². The first-order valence-corrected chi connectivity index (χ1v) is 7.92. The lowest BCUT2D eigenvalue weighted by Gasteiger charge is -2.35. The Labute approximate surface area is 129 Å². The van der Waals surface area contributed by atoms with E-state index in [1.54, 1.807) is 0 Å². The van der Waals surface area contributed by atoms with Crippen LogP contribution in [0, 0.1) is 0 Å². The van der Waals surface area contributed by atoms with Crippen molar-refractivity contribution in [2.24, 2.45) is 0 Å². The smallest absolute Gasteiger partial charge is 0.338 e. The molecule has 0 unspecified atom stereocenters. The molecule has 0 aliphatic carbocycles. The van der Waals surface area contributed by atoms with Crippen LogP contribution in [0.2, 0.25) is 0 Å². The molecule has 0 amide bonds. The Bertz CT molecular complexity index is 445. The predicted molar refractivity (Wildman–Crippen MR) is 87.2 cm³/mol. The largest absolute Gasteiger partial charge is 0.456 e. The lowest BCUT2D eigenvalue weighted by atomic mass is 10.1. The minimum Gasteiger partial charge on any atom is -0.456 e. The van der Waals surface area contributed by atoms with E-state index in [-0.39, 0.29) is 5.97 Å². The molecular weight excluding hydrogens is 262 g/mol. The number of esters is 1. The van der Waals surface area contributed by atoms with Gasteiger partial charge in [-0.3, -0.25) is 0 Å². The van der Waals surface area contributed by atoms with Crippen molar-refractivity contribution in [1.29, 1.82) is 0 Å². The number of nitrogens with zero attached hydrogens (tertiary/aromatic N) is 1. The first-order chi connectivity index (χ1) is 9.75. The Morgan fingerprint density at radius 1 is 1.00 bits per heavy atom. The highest BCUT2D eigenvalue weighted by atomic mass is 16.6. The second-order valence-electron chi connectivity index (χ2n) is 6.65. The molecule has 3 nitrogen and oxygen atoms in total. The zero-order valence-corrected chi connectivity index (χ0v) is 14.4. The molecule has 1 aromatic rings. The molecule has 0 aliphatic heterocycles. The average molecular weight is 292 g/mol. The van der Waals surface area contributed by atoms with Gasteiger partial charge in [-0.2, -0.15) is 0 Å². The molecule has 21 heavy (non-hydrogen) atoms. The predicted octanol–water partition coefficient (Wildman–Crippen LogP) is 4.02. The number of carbonyl (C=O) groups excluding carboxylic acids is 1. The number of hydrogen-bond acceptors (Lipinski definition) is 2. The van der Waals surface area contributed by atoms with Gasteiger partial charge in [0, 0.05) is 5.56 Å². The van der Waals surface area contributed by atoms with Crippen molar-refractivity contribution in [2.45, 2.75) is 53.7 Å². The SMILES string of the molecule is CC[N+](CC)(CC)Cc1ccc(C(=O)OC(C)(C)C)cc1. The van der Waals surface area contributed by atoms with Crippen LogP contribution in [0.15, 0.2) is 24.3 Å². The lowest BCUT2D eigenvalue weighted by Crippen LogP contribution is -2.46. The first kappa shape index (κ1) is 17.7. The zero-order chi connectivity index (χ0) is 16.1. The molecule has 0 saturated carbocycles. The number of carbonyl (C=O) groups is 1. The molecule has 0 radical (unpaired) electrons. The molecule has 0 fully saturated rings. The van der Waals surface area contributed by atoms with Crippen molar-refractivity contribution < 1.29 is 14.0 Å². The van der Waals surface area contributed by atoms with Gasteiger partial charge in [0.2, 0.25) is 0 Å². The van der Waals surface area contributed by atoms with Gasteiger partial charge >= 0.3 is 5.97 Å². The van der Waals surface area contributed by atoms with E-state index in [2.05, 4.69) is 20.8 Å². The number of rotatable bonds is 6. The standard InChI is InChI=1S/C18H30NO2/c1-7-19(8-2,9-3)14-15-10-12-16(13-11-15)17(20)21-18(4,5)6/h10-13H,7-9,14H2,1-6H3/q+1. The number of quaternary nitrogens is 1. The van der Waals surface area contributed by atoms with E-state index in [1.807, 2.05) is 45.0 Å². The van der Waals surface area contributed by atoms with Crippen molar-refractivity contribution in [3.8, 4) is 0 Å². The quantitative estimate of drug-likeness (QED) is 0.585. The maximum atomic E-state index is 12.0. The summed E-state index contributed by atoms with van der Waals surface area (Å²) in [5.74, 6) is -0.253. The van der Waals surface area contributed by atoms with Gasteiger partial charge in [-0.15, -0.1) is 0 Å². The molecule has 0 saturated heterocycles. The van der Waals surface area contributed by atoms with E-state index >= 15 is 0 Å². The molecule has 0 atom stereocenters. The molecular formula is C18H30NO2+. The van der Waals surface area contributed by atoms with Gasteiger partial charge < -0.3 is 9.22 Å². The van der Waals surface area contributed by atoms with Gasteiger partial charge in [0.05, 0.1) is 25.2 Å². The van der Waals surface area contributed by atoms with Gasteiger partial charge in [-0.1, -0.05) is 12.1 Å². The summed E-state index contributed by atoms with van der Waals surface area (Å²) in [6.45, 7) is 16.8. The summed E-state index contributed by atoms with van der Waals surface area (Å²) >= 11 is 0. The third-order valence-corrected chi connectivity index (χ3v) is 4.12. The first-order valence-electron chi connectivity index (χ1n) is 7.92. The van der Waals surface area contributed by atoms with Crippen molar-refractivity contribution in [3.05, 3.63) is 35.4 Å². The summed E-state index contributed by atoms with van der Waals surface area (Å²) in [6, 6.07) is 7.85. The monoisotopic (exact) mass is 292 g/mol. The van der Waals surface area contributed by atoms with Crippen LogP contribution < -0.4 is 0 Å². The summed E-state index contributed by atoms with van der Waals surface area (Å²) in [7, 11) is 0. The fourth-order valence-corrected chi connectivity index (χ4v) is 2.48. The Morgan fingerprint density at radius 2 is 1.48 bits per heavy atom. The molecule has 1 rings (SSSR count). The van der Waals surface area contributed by atoms with Crippen LogP contribution in [0.1, 0.15) is 57.5 Å². The number of hydrogen-bond donors (Lipinski definition) is 0. The lowest BCUT2D eigenvalue weighted by molar-refractivity contribution is -0.936. The molecule has 0 N–H and O–H groups in total. The summed E-state index contributed by atoms with van der Waals surface area (Å²) in [6.07, 6.45) is 0. The van der Waals surface area contributed by atoms with Gasteiger partial charge in [-0.05, 0) is 53.7 Å². The molecule has 0 aromatic heterocycles. The second kappa shape index (κ2) is 7.08. The van der Waals surface area contributed by atoms with Gasteiger partial charge in [0.25, 0.3) is 0 Å². The van der Waals surface area contributed by atoms with Gasteiger partial charge in [0.15, 0.2) is 0 Å². The van der Waals surface area contributed by atoms with Crippen molar-refractivity contribution in [2.75, 3.05) is 19.6 Å². The average Bonchev–Trinajstić information content (AvgIpc) is 2.44. The van der Waals surface area contributed by atoms with E-state index in [4.69, 9.17) is 4.74 Å². The second-order valence-corrected chi connectivity index (χ2v) is 6.65. The maximum absolute atomic E-state index is 12.0. The van der Waals surface area contributed by atoms with Crippen LogP contribution >= 0.6 is 0 Å². The molecule has 118 valence electrons. The highest BCUT2D eigenvalue weighted by Crippen LogP contribution is 2.17. The highest BCUT2D eigenvalue weighted by Gasteiger charge is 2.22. The molecule has 0 bridgehead atoms. The molecule has 0 spiro atoms.